The van der Waals surface area contributed by atoms with Crippen LogP contribution < -0.4 is 11.3 Å². The number of halogens is 2. The van der Waals surface area contributed by atoms with Crippen LogP contribution in [-0.4, -0.2) is 36.9 Å². The Labute approximate surface area is 69.7 Å². The Balaban J connectivity index is 3.91. The third-order valence-corrected chi connectivity index (χ3v) is 1.61. The van der Waals surface area contributed by atoms with Crippen molar-refractivity contribution in [1.29, 1.82) is 0 Å². The molecule has 0 aliphatic carbocycles. The van der Waals surface area contributed by atoms with Gasteiger partial charge in [0.1, 0.15) is 0 Å². The lowest BCUT2D eigenvalue weighted by molar-refractivity contribution is -0.126. The molecular weight excluding hydrogens is 168 g/mol. The average Bonchev–Trinajstić information content (AvgIpc) is 2.00. The predicted molar refractivity (Wildman–Crippen MR) is 40.4 cm³/mol. The number of nitrogens with one attached hydrogen (secondary N) is 1. The number of nitrogens with zero attached hydrogens (tertiary/aromatic N) is 1. The van der Waals surface area contributed by atoms with Gasteiger partial charge in [-0.1, -0.05) is 0 Å². The van der Waals surface area contributed by atoms with Crippen molar-refractivity contribution in [2.24, 2.45) is 5.84 Å². The van der Waals surface area contributed by atoms with Gasteiger partial charge in [0.25, 0.3) is 12.3 Å². The molecule has 0 aromatic rings. The fraction of sp³-hybridized carbons (Fsp3) is 0.833. The summed E-state index contributed by atoms with van der Waals surface area (Å²) in [6.07, 6.45) is -2.44. The van der Waals surface area contributed by atoms with E-state index in [1.54, 1.807) is 0 Å². The van der Waals surface area contributed by atoms with Crippen molar-refractivity contribution >= 4 is 5.91 Å². The normalized spacial score (nSPS) is 13.6. The first kappa shape index (κ1) is 11.2. The lowest BCUT2D eigenvalue weighted by Gasteiger charge is -2.22. The van der Waals surface area contributed by atoms with Crippen LogP contribution in [-0.2, 0) is 4.79 Å². The van der Waals surface area contributed by atoms with E-state index in [-0.39, 0.29) is 0 Å². The Morgan fingerprint density at radius 3 is 2.50 bits per heavy atom. The summed E-state index contributed by atoms with van der Waals surface area (Å²) in [5, 5.41) is 0. The minimum atomic E-state index is -2.44. The highest BCUT2D eigenvalue weighted by Crippen LogP contribution is 2.00. The molecule has 12 heavy (non-hydrogen) atoms. The zero-order valence-electron chi connectivity index (χ0n) is 7.05. The molecule has 1 amide bonds. The van der Waals surface area contributed by atoms with Gasteiger partial charge >= 0.3 is 0 Å². The fourth-order valence-corrected chi connectivity index (χ4v) is 0.697. The van der Waals surface area contributed by atoms with Crippen LogP contribution in [0.2, 0.25) is 0 Å². The minimum absolute atomic E-state index is 0.436. The molecule has 0 aliphatic rings. The van der Waals surface area contributed by atoms with Crippen molar-refractivity contribution in [1.82, 2.24) is 10.3 Å². The largest absolute Gasteiger partial charge is 0.293 e. The summed E-state index contributed by atoms with van der Waals surface area (Å²) in [4.78, 5) is 12.0. The molecule has 0 rings (SSSR count). The summed E-state index contributed by atoms with van der Waals surface area (Å²) in [6, 6.07) is -0.635. The van der Waals surface area contributed by atoms with Crippen molar-refractivity contribution in [3.63, 3.8) is 0 Å². The Hall–Kier alpha value is -0.750. The molecule has 0 aliphatic heterocycles. The van der Waals surface area contributed by atoms with Crippen LogP contribution in [0.15, 0.2) is 0 Å². The van der Waals surface area contributed by atoms with Gasteiger partial charge in [-0.15, -0.1) is 0 Å². The Bertz CT molecular complexity index is 154. The molecule has 0 saturated carbocycles. The van der Waals surface area contributed by atoms with Crippen molar-refractivity contribution in [3.05, 3.63) is 0 Å². The molecule has 1 atom stereocenters. The summed E-state index contributed by atoms with van der Waals surface area (Å²) >= 11 is 0. The van der Waals surface area contributed by atoms with E-state index in [0.717, 1.165) is 0 Å². The van der Waals surface area contributed by atoms with Crippen LogP contribution in [0, 0.1) is 0 Å². The maximum absolute atomic E-state index is 11.8. The van der Waals surface area contributed by atoms with Crippen LogP contribution in [0.4, 0.5) is 8.78 Å². The van der Waals surface area contributed by atoms with Crippen LogP contribution in [0.3, 0.4) is 0 Å². The van der Waals surface area contributed by atoms with E-state index in [1.165, 1.54) is 18.9 Å². The minimum Gasteiger partial charge on any atom is -0.293 e. The molecule has 0 fully saturated rings. The summed E-state index contributed by atoms with van der Waals surface area (Å²) < 4.78 is 23.6. The molecule has 0 aromatic heterocycles. The maximum atomic E-state index is 11.8. The van der Waals surface area contributed by atoms with Crippen molar-refractivity contribution in [3.8, 4) is 0 Å². The fourth-order valence-electron chi connectivity index (χ4n) is 0.697. The maximum Gasteiger partial charge on any atom is 0.251 e. The van der Waals surface area contributed by atoms with E-state index in [4.69, 9.17) is 5.84 Å². The monoisotopic (exact) mass is 181 g/mol. The van der Waals surface area contributed by atoms with Crippen LogP contribution >= 0.6 is 0 Å². The number of alkyl halides is 2. The Morgan fingerprint density at radius 1 is 1.67 bits per heavy atom. The number of hydrazine groups is 1. The zero-order valence-corrected chi connectivity index (χ0v) is 7.05. The number of nitrogens with two attached hydrogens (primary N) is 1. The summed E-state index contributed by atoms with van der Waals surface area (Å²) in [7, 11) is 1.44. The molecule has 0 radical (unpaired) electrons. The average molecular weight is 181 g/mol. The first-order valence-electron chi connectivity index (χ1n) is 3.48. The molecule has 0 heterocycles. The van der Waals surface area contributed by atoms with E-state index in [9.17, 15) is 13.6 Å². The highest BCUT2D eigenvalue weighted by Gasteiger charge is 2.19. The molecule has 4 nitrogen and oxygen atoms in total. The topological polar surface area (TPSA) is 58.4 Å². The van der Waals surface area contributed by atoms with Gasteiger partial charge in [0, 0.05) is 0 Å². The Kier molecular flexibility index (Phi) is 4.68. The molecule has 3 N–H and O–H groups in total. The number of carbonyl (C=O) groups excluding carboxylic acids is 1. The second-order valence-electron chi connectivity index (χ2n) is 2.52. The zero-order chi connectivity index (χ0) is 9.72. The van der Waals surface area contributed by atoms with Gasteiger partial charge in [-0.2, -0.15) is 0 Å². The number of hydrogen-bond donors (Lipinski definition) is 2. The first-order chi connectivity index (χ1) is 5.49. The lowest BCUT2D eigenvalue weighted by atomic mass is 10.3. The molecule has 0 saturated heterocycles. The van der Waals surface area contributed by atoms with Crippen LogP contribution in [0.1, 0.15) is 6.92 Å². The van der Waals surface area contributed by atoms with Crippen LogP contribution in [0.25, 0.3) is 0 Å². The van der Waals surface area contributed by atoms with E-state index >= 15 is 0 Å². The molecular formula is C6H13F2N3O. The third kappa shape index (κ3) is 3.59. The van der Waals surface area contributed by atoms with Gasteiger partial charge in [0.05, 0.1) is 12.6 Å². The van der Waals surface area contributed by atoms with Crippen molar-refractivity contribution in [2.75, 3.05) is 13.6 Å². The van der Waals surface area contributed by atoms with Gasteiger partial charge in [0.2, 0.25) is 0 Å². The quantitative estimate of drug-likeness (QED) is 0.351. The van der Waals surface area contributed by atoms with Crippen molar-refractivity contribution in [2.45, 2.75) is 19.4 Å². The first-order valence-corrected chi connectivity index (χ1v) is 3.48. The molecule has 0 bridgehead atoms. The van der Waals surface area contributed by atoms with Gasteiger partial charge in [-0.25, -0.2) is 14.6 Å². The number of hydrogen-bond acceptors (Lipinski definition) is 3. The van der Waals surface area contributed by atoms with Gasteiger partial charge < -0.3 is 0 Å². The lowest BCUT2D eigenvalue weighted by Crippen LogP contribution is -2.47. The summed E-state index contributed by atoms with van der Waals surface area (Å²) in [6.45, 7) is 1.07. The van der Waals surface area contributed by atoms with E-state index in [2.05, 4.69) is 0 Å². The van der Waals surface area contributed by atoms with Crippen molar-refractivity contribution < 1.29 is 13.6 Å². The highest BCUT2D eigenvalue weighted by atomic mass is 19.3. The SMILES string of the molecule is CC(C(=O)NN)N(C)CC(F)F. The Morgan fingerprint density at radius 2 is 2.17 bits per heavy atom. The molecule has 72 valence electrons. The smallest absolute Gasteiger partial charge is 0.251 e. The van der Waals surface area contributed by atoms with E-state index < -0.39 is 24.9 Å². The number of likely N-dealkylation sites (N-methyl/N-ethyl adjacent to an activating group) is 1. The number of carbonyl (C=O) groups is 1. The highest BCUT2D eigenvalue weighted by molar-refractivity contribution is 5.80. The summed E-state index contributed by atoms with van der Waals surface area (Å²) in [5.74, 6) is 4.35. The second-order valence-corrected chi connectivity index (χ2v) is 2.52. The molecule has 0 aromatic carbocycles. The second kappa shape index (κ2) is 5.00. The van der Waals surface area contributed by atoms with Crippen LogP contribution in [0.5, 0.6) is 0 Å². The molecule has 0 spiro atoms. The molecule has 6 heteroatoms. The number of rotatable bonds is 4. The standard InChI is InChI=1S/C6H13F2N3O/c1-4(6(12)10-9)11(2)3-5(7)8/h4-5H,3,9H2,1-2H3,(H,10,12). The number of amides is 1. The molecule has 1 unspecified atom stereocenters. The van der Waals surface area contributed by atoms with E-state index in [1.807, 2.05) is 5.43 Å². The van der Waals surface area contributed by atoms with Gasteiger partial charge in [0.15, 0.2) is 0 Å². The third-order valence-electron chi connectivity index (χ3n) is 1.61. The van der Waals surface area contributed by atoms with Gasteiger partial charge in [-0.05, 0) is 14.0 Å². The predicted octanol–water partition coefficient (Wildman–Crippen LogP) is -0.438. The van der Waals surface area contributed by atoms with Gasteiger partial charge in [-0.3, -0.25) is 15.1 Å². The van der Waals surface area contributed by atoms with E-state index in [0.29, 0.717) is 0 Å². The summed E-state index contributed by atoms with van der Waals surface area (Å²) in [5.41, 5.74) is 1.89.